The molecule has 0 bridgehead atoms. The van der Waals surface area contributed by atoms with E-state index in [9.17, 15) is 33.1 Å². The van der Waals surface area contributed by atoms with Gasteiger partial charge < -0.3 is 34.3 Å². The van der Waals surface area contributed by atoms with Gasteiger partial charge in [-0.3, -0.25) is 9.35 Å². The van der Waals surface area contributed by atoms with Crippen LogP contribution in [0.4, 0.5) is 0 Å². The lowest BCUT2D eigenvalue weighted by Gasteiger charge is -2.41. The Morgan fingerprint density at radius 2 is 1.05 bits per heavy atom. The Balaban J connectivity index is 2.38. The molecule has 0 aromatic rings. The molecule has 0 saturated carbocycles. The van der Waals surface area contributed by atoms with Gasteiger partial charge in [-0.1, -0.05) is 177 Å². The first-order valence-corrected chi connectivity index (χ1v) is 27.1. The lowest BCUT2D eigenvalue weighted by Crippen LogP contribution is -2.60. The van der Waals surface area contributed by atoms with Crippen LogP contribution in [-0.4, -0.2) is 97.5 Å². The van der Waals surface area contributed by atoms with Crippen molar-refractivity contribution in [3.8, 4) is 0 Å². The maximum Gasteiger partial charge on any atom is 0.397 e. The number of unbranched alkanes of at least 4 members (excludes halogenated alkanes) is 19. The Labute approximate surface area is 401 Å². The third-order valence-corrected chi connectivity index (χ3v) is 11.8. The molecule has 1 fully saturated rings. The summed E-state index contributed by atoms with van der Waals surface area (Å²) in [6.07, 6.45) is 47.8. The van der Waals surface area contributed by atoms with Gasteiger partial charge in [0, 0.05) is 13.0 Å². The molecule has 0 amide bonds. The van der Waals surface area contributed by atoms with E-state index in [1.807, 2.05) is 0 Å². The quantitative estimate of drug-likeness (QED) is 0.0197. The molecule has 0 spiro atoms. The van der Waals surface area contributed by atoms with Crippen molar-refractivity contribution in [2.24, 2.45) is 0 Å². The van der Waals surface area contributed by atoms with Crippen LogP contribution >= 0.6 is 0 Å². The van der Waals surface area contributed by atoms with Crippen LogP contribution in [0.25, 0.3) is 0 Å². The van der Waals surface area contributed by atoms with Gasteiger partial charge in [0.2, 0.25) is 0 Å². The molecule has 1 rings (SSSR count). The fourth-order valence-electron chi connectivity index (χ4n) is 7.46. The summed E-state index contributed by atoms with van der Waals surface area (Å²) in [4.78, 5) is 12.9. The van der Waals surface area contributed by atoms with Crippen LogP contribution in [0.15, 0.2) is 72.9 Å². The lowest BCUT2D eigenvalue weighted by atomic mass is 9.99. The maximum absolute atomic E-state index is 12.9. The van der Waals surface area contributed by atoms with E-state index in [4.69, 9.17) is 18.9 Å². The van der Waals surface area contributed by atoms with Crippen LogP contribution in [0.5, 0.6) is 0 Å². The molecule has 13 heteroatoms. The number of hydrogen-bond acceptors (Lipinski definition) is 11. The number of hydrogen-bond donors (Lipinski definition) is 4. The zero-order valence-corrected chi connectivity index (χ0v) is 41.8. The molecule has 6 atom stereocenters. The Hall–Kier alpha value is -2.46. The summed E-state index contributed by atoms with van der Waals surface area (Å²) in [5, 5.41) is 30.8. The van der Waals surface area contributed by atoms with Crippen LogP contribution < -0.4 is 0 Å². The summed E-state index contributed by atoms with van der Waals surface area (Å²) in [5.74, 6) is -0.411. The predicted molar refractivity (Wildman–Crippen MR) is 266 cm³/mol. The van der Waals surface area contributed by atoms with Gasteiger partial charge in [0.1, 0.15) is 30.5 Å². The van der Waals surface area contributed by atoms with E-state index in [0.29, 0.717) is 13.0 Å². The van der Waals surface area contributed by atoms with Gasteiger partial charge in [-0.05, 0) is 83.5 Å². The van der Waals surface area contributed by atoms with Gasteiger partial charge in [-0.25, -0.2) is 4.18 Å². The maximum atomic E-state index is 12.9. The van der Waals surface area contributed by atoms with E-state index in [2.05, 4.69) is 90.9 Å². The molecule has 0 aromatic carbocycles. The van der Waals surface area contributed by atoms with Crippen LogP contribution in [0.3, 0.4) is 0 Å². The van der Waals surface area contributed by atoms with Crippen molar-refractivity contribution in [3.05, 3.63) is 72.9 Å². The first-order valence-electron chi connectivity index (χ1n) is 25.7. The van der Waals surface area contributed by atoms with Gasteiger partial charge in [-0.2, -0.15) is 8.42 Å². The van der Waals surface area contributed by atoms with Crippen molar-refractivity contribution < 1.29 is 56.2 Å². The molecule has 1 saturated heterocycles. The SMILES string of the molecule is CC/C=C\C/C=C\C/C=C\C/C=C\CCCCCCCCCCC(=O)OC(COCCCCCCCCCC/C=C\C/C=C\CCCCC)COC1OC(CO)C(O)C(OS(=O)(=O)O)C1O. The Morgan fingerprint density at radius 3 is 1.53 bits per heavy atom. The number of aliphatic hydroxyl groups is 3. The van der Waals surface area contributed by atoms with Gasteiger partial charge in [0.25, 0.3) is 0 Å². The van der Waals surface area contributed by atoms with Crippen molar-refractivity contribution in [3.63, 3.8) is 0 Å². The van der Waals surface area contributed by atoms with Gasteiger partial charge >= 0.3 is 16.4 Å². The van der Waals surface area contributed by atoms with E-state index in [-0.39, 0.29) is 19.6 Å². The fourth-order valence-corrected chi connectivity index (χ4v) is 7.97. The van der Waals surface area contributed by atoms with Crippen LogP contribution in [-0.2, 0) is 38.3 Å². The summed E-state index contributed by atoms with van der Waals surface area (Å²) in [7, 11) is -5.07. The predicted octanol–water partition coefficient (Wildman–Crippen LogP) is 11.9. The number of esters is 1. The molecule has 0 radical (unpaired) electrons. The minimum atomic E-state index is -5.07. The molecular weight excluding hydrogens is 861 g/mol. The molecule has 66 heavy (non-hydrogen) atoms. The number of allylic oxidation sites excluding steroid dienone is 12. The zero-order valence-electron chi connectivity index (χ0n) is 41.0. The molecule has 12 nitrogen and oxygen atoms in total. The molecule has 4 N–H and O–H groups in total. The smallest absolute Gasteiger partial charge is 0.397 e. The highest BCUT2D eigenvalue weighted by molar-refractivity contribution is 7.80. The minimum Gasteiger partial charge on any atom is -0.457 e. The highest BCUT2D eigenvalue weighted by Gasteiger charge is 2.48. The third-order valence-electron chi connectivity index (χ3n) is 11.3. The fraction of sp³-hybridized carbons (Fsp3) is 0.755. The Kier molecular flexibility index (Phi) is 40.8. The Bertz CT molecular complexity index is 1420. The third kappa shape index (κ3) is 36.6. The van der Waals surface area contributed by atoms with E-state index < -0.39 is 59.8 Å². The van der Waals surface area contributed by atoms with E-state index >= 15 is 0 Å². The number of ether oxygens (including phenoxy) is 4. The summed E-state index contributed by atoms with van der Waals surface area (Å²) in [6, 6.07) is 0. The van der Waals surface area contributed by atoms with Crippen molar-refractivity contribution >= 4 is 16.4 Å². The molecule has 0 aromatic heterocycles. The topological polar surface area (TPSA) is 178 Å². The molecule has 382 valence electrons. The summed E-state index contributed by atoms with van der Waals surface area (Å²) < 4.78 is 59.3. The first kappa shape index (κ1) is 61.6. The second-order valence-electron chi connectivity index (χ2n) is 17.4. The van der Waals surface area contributed by atoms with Gasteiger partial charge in [-0.15, -0.1) is 0 Å². The highest BCUT2D eigenvalue weighted by Crippen LogP contribution is 2.26. The normalized spacial score (nSPS) is 20.1. The average molecular weight is 953 g/mol. The van der Waals surface area contributed by atoms with Crippen LogP contribution in [0, 0.1) is 0 Å². The number of rotatable bonds is 44. The minimum absolute atomic E-state index is 0.0253. The molecule has 1 aliphatic rings. The molecule has 1 heterocycles. The van der Waals surface area contributed by atoms with Gasteiger partial charge in [0.15, 0.2) is 6.29 Å². The molecule has 0 aliphatic carbocycles. The van der Waals surface area contributed by atoms with Crippen molar-refractivity contribution in [2.45, 2.75) is 230 Å². The first-order chi connectivity index (χ1) is 32.1. The summed E-state index contributed by atoms with van der Waals surface area (Å²) in [5.41, 5.74) is 0. The standard InChI is InChI=1S/C53H92O12S/c1-3-5-7-9-11-13-15-17-19-21-23-24-25-26-28-30-32-34-36-38-40-42-49(55)63-47(46-62-53-51(57)52(65-66(58,59)60)50(56)48(44-54)64-53)45-61-43-41-39-37-35-33-31-29-27-22-20-18-16-14-12-10-8-6-4-2/h5,7,11-14,17-20,23-24,47-48,50-54,56-57H,3-4,6,8-10,15-16,21-22,25-46H2,1-2H3,(H,58,59,60)/b7-5-,13-11-,14-12-,19-17-,20-18-,24-23-. The van der Waals surface area contributed by atoms with E-state index in [1.165, 1.54) is 83.5 Å². The van der Waals surface area contributed by atoms with Crippen molar-refractivity contribution in [1.29, 1.82) is 0 Å². The average Bonchev–Trinajstić information content (AvgIpc) is 3.29. The van der Waals surface area contributed by atoms with Crippen molar-refractivity contribution in [2.75, 3.05) is 26.4 Å². The van der Waals surface area contributed by atoms with Gasteiger partial charge in [0.05, 0.1) is 19.8 Å². The van der Waals surface area contributed by atoms with Crippen LogP contribution in [0.2, 0.25) is 0 Å². The molecule has 6 unspecified atom stereocenters. The summed E-state index contributed by atoms with van der Waals surface area (Å²) in [6.45, 7) is 3.83. The Morgan fingerprint density at radius 1 is 0.591 bits per heavy atom. The van der Waals surface area contributed by atoms with Crippen molar-refractivity contribution in [1.82, 2.24) is 0 Å². The monoisotopic (exact) mass is 953 g/mol. The number of aliphatic hydroxyl groups excluding tert-OH is 3. The van der Waals surface area contributed by atoms with E-state index in [1.54, 1.807) is 0 Å². The van der Waals surface area contributed by atoms with E-state index in [0.717, 1.165) is 83.5 Å². The zero-order chi connectivity index (χ0) is 48.2. The number of carbonyl (C=O) groups is 1. The van der Waals surface area contributed by atoms with Crippen LogP contribution in [0.1, 0.15) is 194 Å². The largest absolute Gasteiger partial charge is 0.457 e. The lowest BCUT2D eigenvalue weighted by molar-refractivity contribution is -0.301. The number of carbonyl (C=O) groups excluding carboxylic acids is 1. The highest BCUT2D eigenvalue weighted by atomic mass is 32.3. The molecule has 1 aliphatic heterocycles. The molecular formula is C53H92O12S. The second-order valence-corrected chi connectivity index (χ2v) is 18.4. The summed E-state index contributed by atoms with van der Waals surface area (Å²) >= 11 is 0. The second kappa shape index (κ2) is 43.8.